The van der Waals surface area contributed by atoms with Gasteiger partial charge in [-0.15, -0.1) is 0 Å². The lowest BCUT2D eigenvalue weighted by Crippen LogP contribution is -2.32. The molecule has 0 spiro atoms. The number of esters is 1. The first-order chi connectivity index (χ1) is 11.9. The van der Waals surface area contributed by atoms with Crippen LogP contribution in [0.2, 0.25) is 10.0 Å². The minimum atomic E-state index is -1.43. The number of carbonyl (C=O) groups is 2. The van der Waals surface area contributed by atoms with Gasteiger partial charge in [0.1, 0.15) is 0 Å². The van der Waals surface area contributed by atoms with E-state index in [9.17, 15) is 14.7 Å². The van der Waals surface area contributed by atoms with E-state index in [0.29, 0.717) is 21.2 Å². The van der Waals surface area contributed by atoms with E-state index in [4.69, 9.17) is 27.9 Å². The second-order valence-corrected chi connectivity index (χ2v) is 6.22. The van der Waals surface area contributed by atoms with Crippen LogP contribution >= 0.6 is 23.2 Å². The van der Waals surface area contributed by atoms with Crippen molar-refractivity contribution in [1.82, 2.24) is 5.32 Å². The second-order valence-electron chi connectivity index (χ2n) is 5.38. The fourth-order valence-electron chi connectivity index (χ4n) is 2.20. The first-order valence-corrected chi connectivity index (χ1v) is 8.28. The fourth-order valence-corrected chi connectivity index (χ4v) is 2.77. The summed E-state index contributed by atoms with van der Waals surface area (Å²) in [6.07, 6.45) is -1.43. The van der Waals surface area contributed by atoms with Crippen molar-refractivity contribution in [3.8, 4) is 0 Å². The number of hydrogen-bond acceptors (Lipinski definition) is 4. The molecule has 0 unspecified atom stereocenters. The number of aliphatic hydroxyl groups is 1. The maximum atomic E-state index is 11.9. The highest BCUT2D eigenvalue weighted by Gasteiger charge is 2.20. The number of rotatable bonds is 6. The van der Waals surface area contributed by atoms with Gasteiger partial charge in [0.05, 0.1) is 6.04 Å². The van der Waals surface area contributed by atoms with Gasteiger partial charge < -0.3 is 15.2 Å². The Kier molecular flexibility index (Phi) is 6.82. The van der Waals surface area contributed by atoms with E-state index in [0.717, 1.165) is 0 Å². The van der Waals surface area contributed by atoms with Crippen LogP contribution in [0.1, 0.15) is 30.2 Å². The van der Waals surface area contributed by atoms with E-state index in [1.165, 1.54) is 0 Å². The van der Waals surface area contributed by atoms with Crippen LogP contribution in [0.5, 0.6) is 0 Å². The van der Waals surface area contributed by atoms with Crippen molar-refractivity contribution in [2.45, 2.75) is 19.1 Å². The molecule has 0 aliphatic carbocycles. The summed E-state index contributed by atoms with van der Waals surface area (Å²) in [5.41, 5.74) is 1.09. The van der Waals surface area contributed by atoms with E-state index < -0.39 is 30.6 Å². The van der Waals surface area contributed by atoms with Gasteiger partial charge in [-0.2, -0.15) is 0 Å². The van der Waals surface area contributed by atoms with Crippen molar-refractivity contribution < 1.29 is 19.4 Å². The Bertz CT molecular complexity index is 752. The number of nitrogens with one attached hydrogen (secondary N) is 1. The zero-order chi connectivity index (χ0) is 18.4. The van der Waals surface area contributed by atoms with Crippen LogP contribution < -0.4 is 5.32 Å². The Balaban J connectivity index is 1.86. The quantitative estimate of drug-likeness (QED) is 0.751. The predicted molar refractivity (Wildman–Crippen MR) is 95.4 cm³/mol. The maximum Gasteiger partial charge on any atom is 0.340 e. The molecule has 0 heterocycles. The molecule has 0 saturated heterocycles. The minimum absolute atomic E-state index is 0.394. The summed E-state index contributed by atoms with van der Waals surface area (Å²) in [6, 6.07) is 12.9. The van der Waals surface area contributed by atoms with Crippen molar-refractivity contribution in [2.75, 3.05) is 6.61 Å². The number of hydrogen-bond donors (Lipinski definition) is 2. The Morgan fingerprint density at radius 1 is 1.16 bits per heavy atom. The van der Waals surface area contributed by atoms with Gasteiger partial charge in [-0.3, -0.25) is 4.79 Å². The Hall–Kier alpha value is -2.08. The van der Waals surface area contributed by atoms with Crippen LogP contribution in [0.15, 0.2) is 48.5 Å². The minimum Gasteiger partial charge on any atom is -0.453 e. The zero-order valence-corrected chi connectivity index (χ0v) is 14.9. The highest BCUT2D eigenvalue weighted by atomic mass is 35.5. The summed E-state index contributed by atoms with van der Waals surface area (Å²) in [7, 11) is 0. The van der Waals surface area contributed by atoms with Crippen molar-refractivity contribution in [1.29, 1.82) is 0 Å². The molecule has 0 radical (unpaired) electrons. The lowest BCUT2D eigenvalue weighted by atomic mass is 10.1. The normalized spacial score (nSPS) is 13.0. The number of carbonyl (C=O) groups excluding carboxylic acids is 2. The number of amides is 1. The molecule has 0 aliphatic rings. The van der Waals surface area contributed by atoms with Crippen molar-refractivity contribution >= 4 is 35.1 Å². The van der Waals surface area contributed by atoms with E-state index in [1.807, 2.05) is 0 Å². The van der Waals surface area contributed by atoms with Gasteiger partial charge in [0, 0.05) is 10.0 Å². The molecule has 0 fully saturated rings. The molecule has 7 heteroatoms. The van der Waals surface area contributed by atoms with Crippen LogP contribution in [-0.4, -0.2) is 23.6 Å². The molecular weight excluding hydrogens is 365 g/mol. The third-order valence-electron chi connectivity index (χ3n) is 3.49. The van der Waals surface area contributed by atoms with E-state index in [2.05, 4.69) is 5.32 Å². The summed E-state index contributed by atoms with van der Waals surface area (Å²) < 4.78 is 4.85. The molecule has 2 N–H and O–H groups in total. The smallest absolute Gasteiger partial charge is 0.340 e. The highest BCUT2D eigenvalue weighted by molar-refractivity contribution is 6.35. The molecular formula is C18H17Cl2NO4. The SMILES string of the molecule is C[C@H](NC(=O)COC(=O)[C@@H](O)c1ccccc1)c1ccc(Cl)cc1Cl. The largest absolute Gasteiger partial charge is 0.453 e. The standard InChI is InChI=1S/C18H17Cl2NO4/c1-11(14-8-7-13(19)9-15(14)20)21-16(22)10-25-18(24)17(23)12-5-3-2-4-6-12/h2-9,11,17,23H,10H2,1H3,(H,21,22)/t11-,17-/m0/s1. The first-order valence-electron chi connectivity index (χ1n) is 7.52. The van der Waals surface area contributed by atoms with Gasteiger partial charge in [-0.05, 0) is 30.2 Å². The molecule has 0 saturated carbocycles. The molecule has 2 aromatic carbocycles. The lowest BCUT2D eigenvalue weighted by molar-refractivity contribution is -0.157. The molecule has 0 aromatic heterocycles. The van der Waals surface area contributed by atoms with Crippen LogP contribution in [0.3, 0.4) is 0 Å². The third kappa shape index (κ3) is 5.46. The average molecular weight is 382 g/mol. The number of ether oxygens (including phenoxy) is 1. The molecule has 0 aliphatic heterocycles. The maximum absolute atomic E-state index is 11.9. The Labute approximate surface area is 155 Å². The number of halogens is 2. The number of benzene rings is 2. The summed E-state index contributed by atoms with van der Waals surface area (Å²) >= 11 is 11.9. The first kappa shape index (κ1) is 19.2. The summed E-state index contributed by atoms with van der Waals surface area (Å²) in [4.78, 5) is 23.7. The predicted octanol–water partition coefficient (Wildman–Crippen LogP) is 3.45. The summed E-state index contributed by atoms with van der Waals surface area (Å²) in [5.74, 6) is -1.40. The highest BCUT2D eigenvalue weighted by Crippen LogP contribution is 2.26. The van der Waals surface area contributed by atoms with Gasteiger partial charge in [0.15, 0.2) is 12.7 Å². The molecule has 25 heavy (non-hydrogen) atoms. The molecule has 0 bridgehead atoms. The van der Waals surface area contributed by atoms with Gasteiger partial charge in [0.25, 0.3) is 5.91 Å². The third-order valence-corrected chi connectivity index (χ3v) is 4.05. The van der Waals surface area contributed by atoms with E-state index in [-0.39, 0.29) is 0 Å². The van der Waals surface area contributed by atoms with E-state index in [1.54, 1.807) is 55.5 Å². The Morgan fingerprint density at radius 2 is 1.84 bits per heavy atom. The summed E-state index contributed by atoms with van der Waals surface area (Å²) in [5, 5.41) is 13.5. The van der Waals surface area contributed by atoms with Gasteiger partial charge in [0.2, 0.25) is 0 Å². The average Bonchev–Trinajstić information content (AvgIpc) is 2.59. The topological polar surface area (TPSA) is 75.6 Å². The van der Waals surface area contributed by atoms with Gasteiger partial charge >= 0.3 is 5.97 Å². The monoisotopic (exact) mass is 381 g/mol. The van der Waals surface area contributed by atoms with Gasteiger partial charge in [-0.25, -0.2) is 4.79 Å². The molecule has 2 rings (SSSR count). The molecule has 1 amide bonds. The van der Waals surface area contributed by atoms with E-state index >= 15 is 0 Å². The van der Waals surface area contributed by atoms with Crippen molar-refractivity contribution in [2.24, 2.45) is 0 Å². The lowest BCUT2D eigenvalue weighted by Gasteiger charge is -2.16. The molecule has 5 nitrogen and oxygen atoms in total. The summed E-state index contributed by atoms with van der Waals surface area (Å²) in [6.45, 7) is 1.24. The number of aliphatic hydroxyl groups excluding tert-OH is 1. The van der Waals surface area contributed by atoms with Crippen molar-refractivity contribution in [3.63, 3.8) is 0 Å². The fraction of sp³-hybridized carbons (Fsp3) is 0.222. The molecule has 132 valence electrons. The van der Waals surface area contributed by atoms with Crippen LogP contribution in [0.4, 0.5) is 0 Å². The zero-order valence-electron chi connectivity index (χ0n) is 13.4. The molecule has 2 aromatic rings. The molecule has 2 atom stereocenters. The second kappa shape index (κ2) is 8.85. The van der Waals surface area contributed by atoms with Crippen molar-refractivity contribution in [3.05, 3.63) is 69.7 Å². The Morgan fingerprint density at radius 3 is 2.48 bits per heavy atom. The van der Waals surface area contributed by atoms with Gasteiger partial charge in [-0.1, -0.05) is 59.6 Å². The van der Waals surface area contributed by atoms with Crippen LogP contribution in [0.25, 0.3) is 0 Å². The van der Waals surface area contributed by atoms with Crippen LogP contribution in [0, 0.1) is 0 Å². The van der Waals surface area contributed by atoms with Crippen LogP contribution in [-0.2, 0) is 14.3 Å².